The molecule has 0 bridgehead atoms. The van der Waals surface area contributed by atoms with Gasteiger partial charge in [0.2, 0.25) is 0 Å². The average molecular weight is 270 g/mol. The van der Waals surface area contributed by atoms with Crippen LogP contribution in [0.3, 0.4) is 0 Å². The van der Waals surface area contributed by atoms with Gasteiger partial charge in [0, 0.05) is 13.0 Å². The van der Waals surface area contributed by atoms with E-state index in [0.717, 1.165) is 6.42 Å². The van der Waals surface area contributed by atoms with E-state index >= 15 is 0 Å². The lowest BCUT2D eigenvalue weighted by molar-refractivity contribution is -0.162. The van der Waals surface area contributed by atoms with Gasteiger partial charge in [-0.15, -0.1) is 0 Å². The molecule has 0 aliphatic carbocycles. The van der Waals surface area contributed by atoms with E-state index in [2.05, 4.69) is 6.92 Å². The summed E-state index contributed by atoms with van der Waals surface area (Å²) in [5.41, 5.74) is -0.480. The number of hydrogen-bond donors (Lipinski definition) is 0. The molecule has 3 atom stereocenters. The molecule has 1 aliphatic heterocycles. The van der Waals surface area contributed by atoms with Crippen LogP contribution in [0.2, 0.25) is 0 Å². The number of ketones is 1. The molecule has 1 heterocycles. The van der Waals surface area contributed by atoms with Crippen LogP contribution in [0.5, 0.6) is 0 Å². The third-order valence-corrected chi connectivity index (χ3v) is 3.35. The Hall–Kier alpha value is -0.900. The first kappa shape index (κ1) is 16.2. The van der Waals surface area contributed by atoms with Crippen molar-refractivity contribution in [2.75, 3.05) is 13.2 Å². The minimum absolute atomic E-state index is 0.0567. The van der Waals surface area contributed by atoms with E-state index in [0.29, 0.717) is 18.9 Å². The fourth-order valence-corrected chi connectivity index (χ4v) is 2.36. The summed E-state index contributed by atoms with van der Waals surface area (Å²) in [6.45, 7) is 10.3. The van der Waals surface area contributed by atoms with Gasteiger partial charge in [0.05, 0.1) is 5.92 Å². The molecule has 0 spiro atoms. The van der Waals surface area contributed by atoms with Gasteiger partial charge in [-0.1, -0.05) is 13.8 Å². The van der Waals surface area contributed by atoms with Gasteiger partial charge in [-0.3, -0.25) is 9.59 Å². The highest BCUT2D eigenvalue weighted by Gasteiger charge is 2.32. The molecule has 0 aromatic rings. The van der Waals surface area contributed by atoms with Crippen LogP contribution in [0.25, 0.3) is 0 Å². The van der Waals surface area contributed by atoms with Crippen molar-refractivity contribution < 1.29 is 19.1 Å². The molecule has 3 unspecified atom stereocenters. The van der Waals surface area contributed by atoms with Gasteiger partial charge in [-0.05, 0) is 39.0 Å². The first-order valence-corrected chi connectivity index (χ1v) is 7.01. The van der Waals surface area contributed by atoms with Gasteiger partial charge in [0.25, 0.3) is 0 Å². The lowest BCUT2D eigenvalue weighted by atomic mass is 9.82. The highest BCUT2D eigenvalue weighted by atomic mass is 16.6. The zero-order valence-corrected chi connectivity index (χ0v) is 12.7. The number of carbonyl (C=O) groups is 2. The maximum atomic E-state index is 12.1. The number of esters is 1. The quantitative estimate of drug-likeness (QED) is 0.724. The van der Waals surface area contributed by atoms with E-state index in [1.54, 1.807) is 0 Å². The minimum atomic E-state index is -0.480. The van der Waals surface area contributed by atoms with Crippen LogP contribution in [-0.2, 0) is 19.1 Å². The van der Waals surface area contributed by atoms with Gasteiger partial charge in [0.1, 0.15) is 12.2 Å². The second kappa shape index (κ2) is 6.51. The molecule has 0 radical (unpaired) electrons. The Bertz CT molecular complexity index is 330. The van der Waals surface area contributed by atoms with Gasteiger partial charge >= 0.3 is 5.97 Å². The Morgan fingerprint density at radius 3 is 2.63 bits per heavy atom. The fourth-order valence-electron chi connectivity index (χ4n) is 2.36. The zero-order chi connectivity index (χ0) is 14.6. The van der Waals surface area contributed by atoms with Crippen LogP contribution < -0.4 is 0 Å². The monoisotopic (exact) mass is 270 g/mol. The Morgan fingerprint density at radius 2 is 2.05 bits per heavy atom. The number of carbonyl (C=O) groups excluding carboxylic acids is 2. The predicted octanol–water partition coefficient (Wildman–Crippen LogP) is 2.60. The van der Waals surface area contributed by atoms with E-state index in [4.69, 9.17) is 9.47 Å². The Labute approximate surface area is 115 Å². The van der Waals surface area contributed by atoms with Crippen LogP contribution in [0.4, 0.5) is 0 Å². The summed E-state index contributed by atoms with van der Waals surface area (Å²) in [7, 11) is 0. The van der Waals surface area contributed by atoms with Gasteiger partial charge in [0.15, 0.2) is 5.78 Å². The van der Waals surface area contributed by atoms with Gasteiger partial charge in [-0.25, -0.2) is 0 Å². The molecule has 1 rings (SSSR count). The number of ether oxygens (including phenoxy) is 2. The molecule has 19 heavy (non-hydrogen) atoms. The molecule has 1 saturated heterocycles. The third kappa shape index (κ3) is 5.72. The minimum Gasteiger partial charge on any atom is -0.460 e. The second-order valence-corrected chi connectivity index (χ2v) is 6.68. The Balaban J connectivity index is 2.68. The Kier molecular flexibility index (Phi) is 5.53. The molecule has 4 heteroatoms. The lowest BCUT2D eigenvalue weighted by Crippen LogP contribution is -2.34. The van der Waals surface area contributed by atoms with E-state index < -0.39 is 5.60 Å². The van der Waals surface area contributed by atoms with Crippen molar-refractivity contribution in [3.63, 3.8) is 0 Å². The van der Waals surface area contributed by atoms with E-state index in [1.807, 2.05) is 27.7 Å². The van der Waals surface area contributed by atoms with Crippen molar-refractivity contribution >= 4 is 11.8 Å². The van der Waals surface area contributed by atoms with Crippen molar-refractivity contribution in [1.82, 2.24) is 0 Å². The third-order valence-electron chi connectivity index (χ3n) is 3.35. The van der Waals surface area contributed by atoms with Crippen LogP contribution in [0.15, 0.2) is 0 Å². The topological polar surface area (TPSA) is 52.6 Å². The summed E-state index contributed by atoms with van der Waals surface area (Å²) in [5, 5.41) is 0. The number of hydrogen-bond acceptors (Lipinski definition) is 4. The summed E-state index contributed by atoms with van der Waals surface area (Å²) in [6.07, 6.45) is 1.23. The molecule has 0 aromatic heterocycles. The molecule has 0 aromatic carbocycles. The molecule has 1 aliphatic rings. The van der Waals surface area contributed by atoms with E-state index in [9.17, 15) is 9.59 Å². The van der Waals surface area contributed by atoms with E-state index in [-0.39, 0.29) is 30.2 Å². The maximum Gasteiger partial charge on any atom is 0.309 e. The van der Waals surface area contributed by atoms with Crippen LogP contribution in [0, 0.1) is 17.8 Å². The first-order chi connectivity index (χ1) is 8.69. The van der Waals surface area contributed by atoms with E-state index in [1.165, 1.54) is 0 Å². The molecule has 0 saturated carbocycles. The van der Waals surface area contributed by atoms with Gasteiger partial charge < -0.3 is 9.47 Å². The van der Waals surface area contributed by atoms with Crippen molar-refractivity contribution in [1.29, 1.82) is 0 Å². The standard InChI is InChI=1S/C15H26O4/c1-10-6-12(7-13(16)9-18-8-10)11(2)14(17)19-15(3,4)5/h10-12H,6-9H2,1-5H3. The molecular weight excluding hydrogens is 244 g/mol. The number of Topliss-reactive ketones (excluding diaryl/α,β-unsaturated/α-hetero) is 1. The van der Waals surface area contributed by atoms with Crippen molar-refractivity contribution in [2.45, 2.75) is 53.1 Å². The molecule has 0 N–H and O–H groups in total. The van der Waals surface area contributed by atoms with Crippen molar-refractivity contribution in [3.8, 4) is 0 Å². The largest absolute Gasteiger partial charge is 0.460 e. The molecule has 110 valence electrons. The molecule has 0 amide bonds. The molecule has 4 nitrogen and oxygen atoms in total. The Morgan fingerprint density at radius 1 is 1.42 bits per heavy atom. The van der Waals surface area contributed by atoms with Crippen LogP contribution in [-0.4, -0.2) is 30.6 Å². The molecule has 1 fully saturated rings. The predicted molar refractivity (Wildman–Crippen MR) is 72.7 cm³/mol. The summed E-state index contributed by atoms with van der Waals surface area (Å²) < 4.78 is 10.7. The second-order valence-electron chi connectivity index (χ2n) is 6.68. The summed E-state index contributed by atoms with van der Waals surface area (Å²) in [6, 6.07) is 0. The van der Waals surface area contributed by atoms with Crippen LogP contribution >= 0.6 is 0 Å². The smallest absolute Gasteiger partial charge is 0.309 e. The number of rotatable bonds is 2. The average Bonchev–Trinajstić information content (AvgIpc) is 2.22. The summed E-state index contributed by atoms with van der Waals surface area (Å²) >= 11 is 0. The van der Waals surface area contributed by atoms with Crippen molar-refractivity contribution in [2.24, 2.45) is 17.8 Å². The van der Waals surface area contributed by atoms with Crippen LogP contribution in [0.1, 0.15) is 47.5 Å². The van der Waals surface area contributed by atoms with Crippen molar-refractivity contribution in [3.05, 3.63) is 0 Å². The lowest BCUT2D eigenvalue weighted by Gasteiger charge is -2.29. The zero-order valence-electron chi connectivity index (χ0n) is 12.7. The maximum absolute atomic E-state index is 12.1. The highest BCUT2D eigenvalue weighted by Crippen LogP contribution is 2.28. The normalized spacial score (nSPS) is 27.3. The molecular formula is C15H26O4. The fraction of sp³-hybridized carbons (Fsp3) is 0.867. The van der Waals surface area contributed by atoms with Gasteiger partial charge in [-0.2, -0.15) is 0 Å². The summed E-state index contributed by atoms with van der Waals surface area (Å²) in [4.78, 5) is 23.8. The highest BCUT2D eigenvalue weighted by molar-refractivity contribution is 5.81. The first-order valence-electron chi connectivity index (χ1n) is 7.01. The summed E-state index contributed by atoms with van der Waals surface area (Å²) in [5.74, 6) is 0.0410. The SMILES string of the molecule is CC1COCC(=O)CC(C(C)C(=O)OC(C)(C)C)C1.